The fourth-order valence-corrected chi connectivity index (χ4v) is 3.93. The summed E-state index contributed by atoms with van der Waals surface area (Å²) in [7, 11) is -3.01. The molecule has 1 atom stereocenters. The minimum Gasteiger partial charge on any atom is -0.375 e. The van der Waals surface area contributed by atoms with Crippen LogP contribution in [0, 0.1) is 0 Å². The van der Waals surface area contributed by atoms with E-state index in [0.29, 0.717) is 10.8 Å². The number of aromatic nitrogens is 1. The molecule has 0 aliphatic carbocycles. The number of nitrogens with two attached hydrogens (primary N) is 1. The Labute approximate surface area is 103 Å². The third kappa shape index (κ3) is 2.58. The van der Waals surface area contributed by atoms with Crippen LogP contribution in [0.3, 0.4) is 0 Å². The van der Waals surface area contributed by atoms with Crippen LogP contribution in [0.1, 0.15) is 17.4 Å². The molecule has 1 unspecified atom stereocenters. The van der Waals surface area contributed by atoms with Crippen LogP contribution in [0.4, 0.5) is 5.13 Å². The number of carbonyl (C=O) groups excluding carboxylic acids is 1. The van der Waals surface area contributed by atoms with E-state index in [9.17, 15) is 13.2 Å². The summed E-state index contributed by atoms with van der Waals surface area (Å²) in [5, 5.41) is 1.93. The predicted octanol–water partition coefficient (Wildman–Crippen LogP) is -0.0156. The molecule has 1 aliphatic rings. The molecule has 17 heavy (non-hydrogen) atoms. The second-order valence-corrected chi connectivity index (χ2v) is 7.15. The zero-order valence-electron chi connectivity index (χ0n) is 9.29. The van der Waals surface area contributed by atoms with E-state index in [-0.39, 0.29) is 30.0 Å². The second-order valence-electron chi connectivity index (χ2n) is 4.03. The number of hydrogen-bond acceptors (Lipinski definition) is 6. The van der Waals surface area contributed by atoms with Crippen LogP contribution in [0.2, 0.25) is 0 Å². The van der Waals surface area contributed by atoms with Gasteiger partial charge in [0, 0.05) is 18.0 Å². The molecule has 94 valence electrons. The average Bonchev–Trinajstić information content (AvgIpc) is 2.62. The SMILES string of the molecule is CC1CS(=O)(=O)CCN1C(=O)c1csc(N)n1. The Balaban J connectivity index is 2.16. The summed E-state index contributed by atoms with van der Waals surface area (Å²) in [6.07, 6.45) is 0. The van der Waals surface area contributed by atoms with Gasteiger partial charge in [0.2, 0.25) is 0 Å². The molecule has 0 spiro atoms. The lowest BCUT2D eigenvalue weighted by molar-refractivity contribution is 0.0707. The molecule has 1 amide bonds. The lowest BCUT2D eigenvalue weighted by atomic mass is 10.3. The average molecular weight is 275 g/mol. The molecule has 2 rings (SSSR count). The van der Waals surface area contributed by atoms with E-state index in [1.807, 2.05) is 0 Å². The first-order valence-corrected chi connectivity index (χ1v) is 7.81. The molecular formula is C9H13N3O3S2. The molecule has 1 aromatic rings. The van der Waals surface area contributed by atoms with Gasteiger partial charge in [-0.25, -0.2) is 13.4 Å². The fourth-order valence-electron chi connectivity index (χ4n) is 1.83. The van der Waals surface area contributed by atoms with Crippen LogP contribution in [0.15, 0.2) is 5.38 Å². The van der Waals surface area contributed by atoms with Gasteiger partial charge in [0.15, 0.2) is 15.0 Å². The van der Waals surface area contributed by atoms with Gasteiger partial charge < -0.3 is 10.6 Å². The monoisotopic (exact) mass is 275 g/mol. The van der Waals surface area contributed by atoms with Gasteiger partial charge in [-0.15, -0.1) is 11.3 Å². The van der Waals surface area contributed by atoms with Crippen molar-refractivity contribution in [2.24, 2.45) is 0 Å². The van der Waals surface area contributed by atoms with Gasteiger partial charge in [-0.2, -0.15) is 0 Å². The number of amides is 1. The molecule has 0 saturated carbocycles. The van der Waals surface area contributed by atoms with E-state index in [1.54, 1.807) is 12.3 Å². The molecule has 2 N–H and O–H groups in total. The minimum atomic E-state index is -3.01. The highest BCUT2D eigenvalue weighted by Crippen LogP contribution is 2.17. The van der Waals surface area contributed by atoms with Crippen LogP contribution in [-0.2, 0) is 9.84 Å². The molecule has 1 saturated heterocycles. The highest BCUT2D eigenvalue weighted by molar-refractivity contribution is 7.91. The first kappa shape index (κ1) is 12.3. The highest BCUT2D eigenvalue weighted by atomic mass is 32.2. The largest absolute Gasteiger partial charge is 0.375 e. The summed E-state index contributed by atoms with van der Waals surface area (Å²) in [6, 6.07) is -0.316. The molecule has 1 aromatic heterocycles. The molecule has 1 aliphatic heterocycles. The molecule has 1 fully saturated rings. The van der Waals surface area contributed by atoms with E-state index < -0.39 is 9.84 Å². The molecule has 0 radical (unpaired) electrons. The summed E-state index contributed by atoms with van der Waals surface area (Å²) < 4.78 is 22.8. The van der Waals surface area contributed by atoms with Crippen LogP contribution >= 0.6 is 11.3 Å². The molecular weight excluding hydrogens is 262 g/mol. The van der Waals surface area contributed by atoms with Crippen molar-refractivity contribution in [3.05, 3.63) is 11.1 Å². The first-order valence-electron chi connectivity index (χ1n) is 5.11. The van der Waals surface area contributed by atoms with Crippen molar-refractivity contribution in [3.8, 4) is 0 Å². The smallest absolute Gasteiger partial charge is 0.273 e. The fraction of sp³-hybridized carbons (Fsp3) is 0.556. The van der Waals surface area contributed by atoms with E-state index in [4.69, 9.17) is 5.73 Å². The lowest BCUT2D eigenvalue weighted by Crippen LogP contribution is -2.49. The van der Waals surface area contributed by atoms with Gasteiger partial charge in [0.25, 0.3) is 5.91 Å². The van der Waals surface area contributed by atoms with E-state index in [0.717, 1.165) is 0 Å². The third-order valence-electron chi connectivity index (χ3n) is 2.67. The number of rotatable bonds is 1. The number of nitrogen functional groups attached to an aromatic ring is 1. The zero-order chi connectivity index (χ0) is 12.6. The Morgan fingerprint density at radius 1 is 1.65 bits per heavy atom. The normalized spacial score (nSPS) is 23.6. The van der Waals surface area contributed by atoms with Crippen molar-refractivity contribution in [2.75, 3.05) is 23.8 Å². The highest BCUT2D eigenvalue weighted by Gasteiger charge is 2.32. The number of carbonyl (C=O) groups is 1. The van der Waals surface area contributed by atoms with Crippen LogP contribution in [0.5, 0.6) is 0 Å². The number of thiazole rings is 1. The van der Waals surface area contributed by atoms with Gasteiger partial charge >= 0.3 is 0 Å². The van der Waals surface area contributed by atoms with Crippen LogP contribution in [0.25, 0.3) is 0 Å². The predicted molar refractivity (Wildman–Crippen MR) is 65.7 cm³/mol. The number of sulfone groups is 1. The van der Waals surface area contributed by atoms with Crippen LogP contribution in [-0.4, -0.2) is 48.3 Å². The second kappa shape index (κ2) is 4.26. The summed E-state index contributed by atoms with van der Waals surface area (Å²) in [5.74, 6) is -0.221. The maximum Gasteiger partial charge on any atom is 0.273 e. The number of anilines is 1. The van der Waals surface area contributed by atoms with Crippen molar-refractivity contribution in [2.45, 2.75) is 13.0 Å². The maximum atomic E-state index is 12.1. The van der Waals surface area contributed by atoms with Crippen molar-refractivity contribution in [3.63, 3.8) is 0 Å². The van der Waals surface area contributed by atoms with E-state index in [2.05, 4.69) is 4.98 Å². The molecule has 2 heterocycles. The van der Waals surface area contributed by atoms with Gasteiger partial charge in [0.1, 0.15) is 5.69 Å². The topological polar surface area (TPSA) is 93.4 Å². The summed E-state index contributed by atoms with van der Waals surface area (Å²) in [6.45, 7) is 1.95. The standard InChI is InChI=1S/C9H13N3O3S2/c1-6-5-17(14,15)3-2-12(6)8(13)7-4-16-9(10)11-7/h4,6H,2-3,5H2,1H3,(H2,10,11). The van der Waals surface area contributed by atoms with Gasteiger partial charge in [-0.05, 0) is 6.92 Å². The summed E-state index contributed by atoms with van der Waals surface area (Å²) in [5.41, 5.74) is 5.75. The Kier molecular flexibility index (Phi) is 3.09. The Morgan fingerprint density at radius 2 is 2.35 bits per heavy atom. The van der Waals surface area contributed by atoms with Crippen molar-refractivity contribution >= 4 is 32.2 Å². The van der Waals surface area contributed by atoms with Crippen LogP contribution < -0.4 is 5.73 Å². The summed E-state index contributed by atoms with van der Waals surface area (Å²) >= 11 is 1.20. The van der Waals surface area contributed by atoms with Gasteiger partial charge in [-0.3, -0.25) is 4.79 Å². The zero-order valence-corrected chi connectivity index (χ0v) is 10.9. The Morgan fingerprint density at radius 3 is 2.88 bits per heavy atom. The quantitative estimate of drug-likeness (QED) is 0.777. The molecule has 8 heteroatoms. The first-order chi connectivity index (χ1) is 7.89. The summed E-state index contributed by atoms with van der Waals surface area (Å²) in [4.78, 5) is 17.5. The van der Waals surface area contributed by atoms with E-state index in [1.165, 1.54) is 16.2 Å². The van der Waals surface area contributed by atoms with Crippen molar-refractivity contribution in [1.29, 1.82) is 0 Å². The van der Waals surface area contributed by atoms with Crippen molar-refractivity contribution < 1.29 is 13.2 Å². The van der Waals surface area contributed by atoms with Crippen molar-refractivity contribution in [1.82, 2.24) is 9.88 Å². The third-order valence-corrected chi connectivity index (χ3v) is 5.14. The molecule has 6 nitrogen and oxygen atoms in total. The van der Waals surface area contributed by atoms with Gasteiger partial charge in [-0.1, -0.05) is 0 Å². The lowest BCUT2D eigenvalue weighted by Gasteiger charge is -2.32. The Bertz CT molecular complexity index is 537. The minimum absolute atomic E-state index is 0.0123. The molecule has 0 aromatic carbocycles. The van der Waals surface area contributed by atoms with Gasteiger partial charge in [0.05, 0.1) is 11.5 Å². The Hall–Kier alpha value is -1.15. The molecule has 0 bridgehead atoms. The maximum absolute atomic E-state index is 12.1. The number of hydrogen-bond donors (Lipinski definition) is 1. The van der Waals surface area contributed by atoms with E-state index >= 15 is 0 Å². The number of nitrogens with zero attached hydrogens (tertiary/aromatic N) is 2.